The molecule has 5 heteroatoms. The summed E-state index contributed by atoms with van der Waals surface area (Å²) >= 11 is 6.75. The van der Waals surface area contributed by atoms with Crippen LogP contribution in [0.1, 0.15) is 23.1 Å². The second-order valence-corrected chi connectivity index (χ2v) is 6.11. The van der Waals surface area contributed by atoms with Crippen molar-refractivity contribution >= 4 is 42.8 Å². The third-order valence-electron chi connectivity index (χ3n) is 2.99. The number of furan rings is 2. The molecule has 0 spiro atoms. The Hall–Kier alpha value is -1.04. The van der Waals surface area contributed by atoms with Crippen LogP contribution in [0, 0.1) is 6.92 Å². The van der Waals surface area contributed by atoms with Crippen LogP contribution in [0.15, 0.2) is 48.3 Å². The molecule has 0 aliphatic heterocycles. The number of hydrogen-bond acceptors (Lipinski definition) is 3. The lowest BCUT2D eigenvalue weighted by Gasteiger charge is -2.04. The van der Waals surface area contributed by atoms with Crippen molar-refractivity contribution in [3.05, 3.63) is 56.6 Å². The predicted octanol–water partition coefficient (Wildman–Crippen LogP) is 4.91. The van der Waals surface area contributed by atoms with E-state index in [4.69, 9.17) is 14.6 Å². The monoisotopic (exact) mass is 383 g/mol. The van der Waals surface area contributed by atoms with Crippen LogP contribution in [0.2, 0.25) is 0 Å². The zero-order valence-corrected chi connectivity index (χ0v) is 13.3. The topological polar surface area (TPSA) is 52.3 Å². The first-order valence-electron chi connectivity index (χ1n) is 5.75. The van der Waals surface area contributed by atoms with E-state index in [-0.39, 0.29) is 0 Å². The van der Waals surface area contributed by atoms with Crippen molar-refractivity contribution in [3.8, 4) is 0 Å². The highest BCUT2D eigenvalue weighted by Crippen LogP contribution is 2.32. The Labute approximate surface area is 127 Å². The molecule has 19 heavy (non-hydrogen) atoms. The molecule has 0 bridgehead atoms. The summed E-state index contributed by atoms with van der Waals surface area (Å²) in [5, 5.41) is 1.03. The maximum Gasteiger partial charge on any atom is 0.169 e. The van der Waals surface area contributed by atoms with Gasteiger partial charge in [0.05, 0.1) is 0 Å². The van der Waals surface area contributed by atoms with Gasteiger partial charge < -0.3 is 14.6 Å². The van der Waals surface area contributed by atoms with E-state index < -0.39 is 6.04 Å². The van der Waals surface area contributed by atoms with Gasteiger partial charge in [-0.3, -0.25) is 0 Å². The third kappa shape index (κ3) is 2.38. The third-order valence-corrected chi connectivity index (χ3v) is 3.88. The van der Waals surface area contributed by atoms with E-state index in [1.54, 1.807) is 0 Å². The fourth-order valence-corrected chi connectivity index (χ4v) is 3.00. The molecule has 0 amide bonds. The number of hydrogen-bond donors (Lipinski definition) is 1. The minimum atomic E-state index is -0.406. The molecule has 0 aliphatic rings. The van der Waals surface area contributed by atoms with E-state index in [2.05, 4.69) is 31.9 Å². The first-order chi connectivity index (χ1) is 9.04. The normalized spacial score (nSPS) is 13.1. The first kappa shape index (κ1) is 13.0. The summed E-state index contributed by atoms with van der Waals surface area (Å²) in [6, 6.07) is 9.24. The summed E-state index contributed by atoms with van der Waals surface area (Å²) in [6.45, 7) is 2.01. The minimum absolute atomic E-state index is 0.406. The van der Waals surface area contributed by atoms with Gasteiger partial charge in [0.15, 0.2) is 4.67 Å². The molecule has 2 N–H and O–H groups in total. The van der Waals surface area contributed by atoms with Gasteiger partial charge in [-0.2, -0.15) is 0 Å². The molecule has 0 saturated carbocycles. The van der Waals surface area contributed by atoms with E-state index in [0.29, 0.717) is 16.2 Å². The number of fused-ring (bicyclic) bond motifs is 1. The van der Waals surface area contributed by atoms with Crippen LogP contribution < -0.4 is 5.73 Å². The summed E-state index contributed by atoms with van der Waals surface area (Å²) in [7, 11) is 0. The predicted molar refractivity (Wildman–Crippen MR) is 81.1 cm³/mol. The van der Waals surface area contributed by atoms with Crippen LogP contribution in [-0.2, 0) is 0 Å². The van der Waals surface area contributed by atoms with Gasteiger partial charge >= 0.3 is 0 Å². The number of aryl methyl sites for hydroxylation is 1. The summed E-state index contributed by atoms with van der Waals surface area (Å²) in [6.07, 6.45) is 0. The molecule has 1 unspecified atom stereocenters. The second kappa shape index (κ2) is 4.81. The fourth-order valence-electron chi connectivity index (χ4n) is 2.09. The number of rotatable bonds is 2. The Bertz CT molecular complexity index is 745. The van der Waals surface area contributed by atoms with Gasteiger partial charge in [-0.15, -0.1) is 0 Å². The quantitative estimate of drug-likeness (QED) is 0.683. The molecule has 0 aliphatic carbocycles. The average molecular weight is 385 g/mol. The Balaban J connectivity index is 2.08. The van der Waals surface area contributed by atoms with Crippen LogP contribution >= 0.6 is 31.9 Å². The summed E-state index contributed by atoms with van der Waals surface area (Å²) < 4.78 is 13.0. The van der Waals surface area contributed by atoms with Gasteiger partial charge in [-0.25, -0.2) is 0 Å². The van der Waals surface area contributed by atoms with Crippen molar-refractivity contribution in [3.63, 3.8) is 0 Å². The lowest BCUT2D eigenvalue weighted by molar-refractivity contribution is 0.433. The van der Waals surface area contributed by atoms with E-state index in [1.165, 1.54) is 0 Å². The van der Waals surface area contributed by atoms with E-state index in [1.807, 2.05) is 37.3 Å². The SMILES string of the molecule is Cc1cc(Br)cc2cc(C(N)c3ccc(Br)o3)oc12. The molecule has 0 radical (unpaired) electrons. The zero-order valence-electron chi connectivity index (χ0n) is 10.1. The lowest BCUT2D eigenvalue weighted by Crippen LogP contribution is -2.09. The molecule has 3 rings (SSSR count). The van der Waals surface area contributed by atoms with Crippen LogP contribution in [0.5, 0.6) is 0 Å². The Morgan fingerprint density at radius 2 is 1.84 bits per heavy atom. The zero-order chi connectivity index (χ0) is 13.6. The first-order valence-corrected chi connectivity index (χ1v) is 7.33. The maximum absolute atomic E-state index is 6.16. The number of benzene rings is 1. The van der Waals surface area contributed by atoms with Crippen LogP contribution in [0.25, 0.3) is 11.0 Å². The van der Waals surface area contributed by atoms with Crippen LogP contribution in [0.3, 0.4) is 0 Å². The summed E-state index contributed by atoms with van der Waals surface area (Å²) in [5.74, 6) is 1.36. The van der Waals surface area contributed by atoms with Crippen molar-refractivity contribution < 1.29 is 8.83 Å². The van der Waals surface area contributed by atoms with Gasteiger partial charge in [-0.1, -0.05) is 15.9 Å². The molecular weight excluding hydrogens is 374 g/mol. The molecule has 2 heterocycles. The van der Waals surface area contributed by atoms with Crippen molar-refractivity contribution in [1.29, 1.82) is 0 Å². The highest BCUT2D eigenvalue weighted by atomic mass is 79.9. The molecule has 3 aromatic rings. The van der Waals surface area contributed by atoms with Crippen LogP contribution in [0.4, 0.5) is 0 Å². The highest BCUT2D eigenvalue weighted by Gasteiger charge is 2.18. The molecule has 0 saturated heterocycles. The minimum Gasteiger partial charge on any atom is -0.459 e. The van der Waals surface area contributed by atoms with Gasteiger partial charge in [0.1, 0.15) is 23.1 Å². The molecule has 3 nitrogen and oxygen atoms in total. The van der Waals surface area contributed by atoms with Crippen molar-refractivity contribution in [1.82, 2.24) is 0 Å². The Kier molecular flexibility index (Phi) is 3.28. The molecule has 1 atom stereocenters. The van der Waals surface area contributed by atoms with E-state index in [9.17, 15) is 0 Å². The highest BCUT2D eigenvalue weighted by molar-refractivity contribution is 9.10. The molecule has 0 fully saturated rings. The lowest BCUT2D eigenvalue weighted by atomic mass is 10.1. The fraction of sp³-hybridized carbons (Fsp3) is 0.143. The van der Waals surface area contributed by atoms with Crippen molar-refractivity contribution in [2.75, 3.05) is 0 Å². The van der Waals surface area contributed by atoms with Gasteiger partial charge in [0.2, 0.25) is 0 Å². The van der Waals surface area contributed by atoms with Crippen LogP contribution in [-0.4, -0.2) is 0 Å². The Morgan fingerprint density at radius 3 is 2.53 bits per heavy atom. The smallest absolute Gasteiger partial charge is 0.169 e. The van der Waals surface area contributed by atoms with Crippen molar-refractivity contribution in [2.24, 2.45) is 5.73 Å². The molecular formula is C14H11Br2NO2. The second-order valence-electron chi connectivity index (χ2n) is 4.41. The van der Waals surface area contributed by atoms with E-state index >= 15 is 0 Å². The number of halogens is 2. The van der Waals surface area contributed by atoms with E-state index in [0.717, 1.165) is 21.0 Å². The van der Waals surface area contributed by atoms with Gasteiger partial charge in [0.25, 0.3) is 0 Å². The molecule has 1 aromatic carbocycles. The van der Waals surface area contributed by atoms with Gasteiger partial charge in [0, 0.05) is 9.86 Å². The number of nitrogens with two attached hydrogens (primary N) is 1. The average Bonchev–Trinajstić information content (AvgIpc) is 2.94. The maximum atomic E-state index is 6.16. The summed E-state index contributed by atoms with van der Waals surface area (Å²) in [5.41, 5.74) is 8.09. The largest absolute Gasteiger partial charge is 0.459 e. The van der Waals surface area contributed by atoms with Gasteiger partial charge in [-0.05, 0) is 58.7 Å². The standard InChI is InChI=1S/C14H11Br2NO2/c1-7-4-9(15)5-8-6-11(19-14(7)8)13(17)10-2-3-12(16)18-10/h2-6,13H,17H2,1H3. The summed E-state index contributed by atoms with van der Waals surface area (Å²) in [4.78, 5) is 0. The van der Waals surface area contributed by atoms with Crippen molar-refractivity contribution in [2.45, 2.75) is 13.0 Å². The Morgan fingerprint density at radius 1 is 1.05 bits per heavy atom. The molecule has 2 aromatic heterocycles. The molecule has 98 valence electrons.